The van der Waals surface area contributed by atoms with Crippen molar-refractivity contribution in [2.24, 2.45) is 0 Å². The molecule has 0 fully saturated rings. The minimum Gasteiger partial charge on any atom is -0.493 e. The van der Waals surface area contributed by atoms with E-state index in [1.807, 2.05) is 12.1 Å². The van der Waals surface area contributed by atoms with Crippen LogP contribution in [-0.2, 0) is 6.42 Å². The van der Waals surface area contributed by atoms with Gasteiger partial charge in [0.15, 0.2) is 11.5 Å². The van der Waals surface area contributed by atoms with Crippen LogP contribution in [-0.4, -0.2) is 47.7 Å². The summed E-state index contributed by atoms with van der Waals surface area (Å²) in [6.07, 6.45) is 3.46. The summed E-state index contributed by atoms with van der Waals surface area (Å²) < 4.78 is 10.9. The van der Waals surface area contributed by atoms with Gasteiger partial charge >= 0.3 is 0 Å². The van der Waals surface area contributed by atoms with Crippen molar-refractivity contribution in [1.29, 1.82) is 0 Å². The summed E-state index contributed by atoms with van der Waals surface area (Å²) >= 11 is 0. The lowest BCUT2D eigenvalue weighted by Crippen LogP contribution is -2.45. The Bertz CT molecular complexity index is 1070. The van der Waals surface area contributed by atoms with Gasteiger partial charge in [-0.3, -0.25) is 4.90 Å². The van der Waals surface area contributed by atoms with Crippen LogP contribution in [0, 0.1) is 11.8 Å². The molecule has 0 amide bonds. The van der Waals surface area contributed by atoms with E-state index >= 15 is 0 Å². The van der Waals surface area contributed by atoms with Crippen LogP contribution in [0.5, 0.6) is 11.5 Å². The minimum atomic E-state index is -0.271. The lowest BCUT2D eigenvalue weighted by atomic mass is 9.91. The molecule has 0 aliphatic heterocycles. The molecule has 0 saturated carbocycles. The van der Waals surface area contributed by atoms with E-state index < -0.39 is 0 Å². The van der Waals surface area contributed by atoms with Crippen molar-refractivity contribution in [1.82, 2.24) is 14.9 Å². The SMILES string of the molecule is CCN(CC)[C@@](C)(C#Cc1ncnc2cc(OC)c(OC)cc12)CCc1ccccc1. The van der Waals surface area contributed by atoms with Crippen molar-refractivity contribution in [3.8, 4) is 23.3 Å². The first-order valence-electron chi connectivity index (χ1n) is 10.7. The van der Waals surface area contributed by atoms with Crippen LogP contribution in [0.1, 0.15) is 38.4 Å². The number of methoxy groups -OCH3 is 2. The molecule has 0 saturated heterocycles. The van der Waals surface area contributed by atoms with Gasteiger partial charge in [0.05, 0.1) is 25.3 Å². The molecule has 5 nitrogen and oxygen atoms in total. The maximum Gasteiger partial charge on any atom is 0.162 e. The van der Waals surface area contributed by atoms with Crippen LogP contribution in [0.25, 0.3) is 10.9 Å². The summed E-state index contributed by atoms with van der Waals surface area (Å²) in [5, 5.41) is 0.859. The number of rotatable bonds is 8. The molecule has 3 aromatic rings. The average molecular weight is 418 g/mol. The Labute approximate surface area is 185 Å². The highest BCUT2D eigenvalue weighted by atomic mass is 16.5. The monoisotopic (exact) mass is 417 g/mol. The molecule has 0 spiro atoms. The standard InChI is InChI=1S/C26H31N3O2/c1-6-29(7-2)26(3,15-13-20-11-9-8-10-12-20)16-14-22-21-17-24(30-4)25(31-5)18-23(21)28-19-27-22/h8-12,17-19H,6-7,13,15H2,1-5H3/t26-/m1/s1. The number of benzene rings is 2. The molecule has 1 atom stereocenters. The molecule has 1 aromatic heterocycles. The van der Waals surface area contributed by atoms with Crippen LogP contribution in [0.2, 0.25) is 0 Å². The molecular weight excluding hydrogens is 386 g/mol. The van der Waals surface area contributed by atoms with Crippen molar-refractivity contribution >= 4 is 10.9 Å². The van der Waals surface area contributed by atoms with Crippen LogP contribution in [0.15, 0.2) is 48.8 Å². The molecular formula is C26H31N3O2. The number of aryl methyl sites for hydroxylation is 1. The first-order valence-corrected chi connectivity index (χ1v) is 10.7. The molecule has 1 heterocycles. The second-order valence-electron chi connectivity index (χ2n) is 7.63. The van der Waals surface area contributed by atoms with Crippen molar-refractivity contribution < 1.29 is 9.47 Å². The molecule has 0 aliphatic rings. The highest BCUT2D eigenvalue weighted by Gasteiger charge is 2.27. The minimum absolute atomic E-state index is 0.271. The molecule has 162 valence electrons. The Morgan fingerprint density at radius 1 is 0.968 bits per heavy atom. The van der Waals surface area contributed by atoms with Crippen molar-refractivity contribution in [3.05, 3.63) is 60.0 Å². The zero-order valence-corrected chi connectivity index (χ0v) is 19.1. The number of hydrogen-bond acceptors (Lipinski definition) is 5. The second-order valence-corrected chi connectivity index (χ2v) is 7.63. The van der Waals surface area contributed by atoms with Crippen molar-refractivity contribution in [3.63, 3.8) is 0 Å². The molecule has 0 N–H and O–H groups in total. The van der Waals surface area contributed by atoms with Gasteiger partial charge in [-0.25, -0.2) is 9.97 Å². The van der Waals surface area contributed by atoms with Gasteiger partial charge in [-0.2, -0.15) is 0 Å². The molecule has 5 heteroatoms. The number of fused-ring (bicyclic) bond motifs is 1. The molecule has 3 rings (SSSR count). The Hall–Kier alpha value is -3.10. The second kappa shape index (κ2) is 10.3. The van der Waals surface area contributed by atoms with E-state index in [-0.39, 0.29) is 5.54 Å². The average Bonchev–Trinajstić information content (AvgIpc) is 2.82. The van der Waals surface area contributed by atoms with E-state index in [9.17, 15) is 0 Å². The number of aromatic nitrogens is 2. The predicted molar refractivity (Wildman–Crippen MR) is 126 cm³/mol. The van der Waals surface area contributed by atoms with Gasteiger partial charge in [-0.05, 0) is 50.4 Å². The number of nitrogens with zero attached hydrogens (tertiary/aromatic N) is 3. The third kappa shape index (κ3) is 5.15. The van der Waals surface area contributed by atoms with Gasteiger partial charge in [0, 0.05) is 11.5 Å². The topological polar surface area (TPSA) is 47.5 Å². The summed E-state index contributed by atoms with van der Waals surface area (Å²) in [6, 6.07) is 14.3. The quantitative estimate of drug-likeness (QED) is 0.496. The normalized spacial score (nSPS) is 12.8. The number of ether oxygens (including phenoxy) is 2. The largest absolute Gasteiger partial charge is 0.493 e. The Morgan fingerprint density at radius 2 is 1.65 bits per heavy atom. The zero-order valence-electron chi connectivity index (χ0n) is 19.1. The first-order chi connectivity index (χ1) is 15.0. The third-order valence-corrected chi connectivity index (χ3v) is 5.80. The maximum atomic E-state index is 5.47. The van der Waals surface area contributed by atoms with Crippen LogP contribution in [0.4, 0.5) is 0 Å². The lowest BCUT2D eigenvalue weighted by molar-refractivity contribution is 0.162. The van der Waals surface area contributed by atoms with Crippen LogP contribution in [0.3, 0.4) is 0 Å². The fourth-order valence-corrected chi connectivity index (χ4v) is 3.93. The van der Waals surface area contributed by atoms with E-state index in [1.54, 1.807) is 20.5 Å². The summed E-state index contributed by atoms with van der Waals surface area (Å²) in [5.41, 5.74) is 2.54. The van der Waals surface area contributed by atoms with Crippen molar-refractivity contribution in [2.45, 2.75) is 39.2 Å². The van der Waals surface area contributed by atoms with Gasteiger partial charge < -0.3 is 9.47 Å². The van der Waals surface area contributed by atoms with Crippen LogP contribution >= 0.6 is 0 Å². The fraction of sp³-hybridized carbons (Fsp3) is 0.385. The molecule has 0 aliphatic carbocycles. The highest BCUT2D eigenvalue weighted by Crippen LogP contribution is 2.32. The van der Waals surface area contributed by atoms with Gasteiger partial charge in [0.1, 0.15) is 12.0 Å². The summed E-state index contributed by atoms with van der Waals surface area (Å²) in [7, 11) is 3.24. The Morgan fingerprint density at radius 3 is 2.29 bits per heavy atom. The first kappa shape index (κ1) is 22.6. The van der Waals surface area contributed by atoms with Gasteiger partial charge in [0.2, 0.25) is 0 Å². The smallest absolute Gasteiger partial charge is 0.162 e. The van der Waals surface area contributed by atoms with Gasteiger partial charge in [-0.15, -0.1) is 0 Å². The summed E-state index contributed by atoms with van der Waals surface area (Å²) in [4.78, 5) is 11.3. The Balaban J connectivity index is 2.00. The molecule has 2 aromatic carbocycles. The molecule has 0 bridgehead atoms. The van der Waals surface area contributed by atoms with E-state index in [0.29, 0.717) is 17.2 Å². The summed E-state index contributed by atoms with van der Waals surface area (Å²) in [5.74, 6) is 8.20. The fourth-order valence-electron chi connectivity index (χ4n) is 3.93. The third-order valence-electron chi connectivity index (χ3n) is 5.80. The van der Waals surface area contributed by atoms with E-state index in [0.717, 1.165) is 36.8 Å². The molecule has 0 unspecified atom stereocenters. The van der Waals surface area contributed by atoms with Gasteiger partial charge in [0.25, 0.3) is 0 Å². The summed E-state index contributed by atoms with van der Waals surface area (Å²) in [6.45, 7) is 8.47. The van der Waals surface area contributed by atoms with E-state index in [4.69, 9.17) is 9.47 Å². The Kier molecular flexibility index (Phi) is 7.49. The number of hydrogen-bond donors (Lipinski definition) is 0. The van der Waals surface area contributed by atoms with Crippen molar-refractivity contribution in [2.75, 3.05) is 27.3 Å². The van der Waals surface area contributed by atoms with Gasteiger partial charge in [-0.1, -0.05) is 50.1 Å². The van der Waals surface area contributed by atoms with E-state index in [2.05, 4.69) is 77.8 Å². The highest BCUT2D eigenvalue weighted by molar-refractivity contribution is 5.86. The predicted octanol–water partition coefficient (Wildman–Crippen LogP) is 4.73. The maximum absolute atomic E-state index is 5.47. The van der Waals surface area contributed by atoms with E-state index in [1.165, 1.54) is 5.56 Å². The zero-order chi connectivity index (χ0) is 22.3. The molecule has 31 heavy (non-hydrogen) atoms. The van der Waals surface area contributed by atoms with Crippen LogP contribution < -0.4 is 9.47 Å². The lowest BCUT2D eigenvalue weighted by Gasteiger charge is -2.36. The molecule has 0 radical (unpaired) electrons.